The lowest BCUT2D eigenvalue weighted by atomic mass is 9.81. The minimum atomic E-state index is -2.41. The first-order chi connectivity index (χ1) is 33.8. The largest absolute Gasteiger partial charge is 0.436 e. The van der Waals surface area contributed by atoms with Crippen molar-refractivity contribution in [1.29, 1.82) is 0 Å². The first-order valence-corrected chi connectivity index (χ1v) is 59.8. The fraction of sp³-hybridized carbons (Fsp3) is 1.00. The quantitative estimate of drug-likeness (QED) is 0.0437. The summed E-state index contributed by atoms with van der Waals surface area (Å²) in [7, 11) is -19.3. The molecule has 0 aliphatic rings. The summed E-state index contributed by atoms with van der Waals surface area (Å²) in [5, 5.41) is 41.1. The Bertz CT molecular complexity index is 1340. The van der Waals surface area contributed by atoms with Crippen LogP contribution in [0.15, 0.2) is 0 Å². The van der Waals surface area contributed by atoms with Crippen molar-refractivity contribution in [2.24, 2.45) is 10.8 Å². The first-order valence-electron chi connectivity index (χ1n) is 30.4. The normalized spacial score (nSPS) is 14.4. The van der Waals surface area contributed by atoms with Gasteiger partial charge < -0.3 is 45.1 Å². The van der Waals surface area contributed by atoms with E-state index < -0.39 is 89.1 Å². The van der Waals surface area contributed by atoms with Crippen molar-refractivity contribution in [3.63, 3.8) is 0 Å². The van der Waals surface area contributed by atoms with Crippen LogP contribution in [-0.2, 0) is 24.7 Å². The summed E-state index contributed by atoms with van der Waals surface area (Å²) in [6.07, 6.45) is 12.6. The summed E-state index contributed by atoms with van der Waals surface area (Å²) in [6.45, 7) is 54.7. The minimum Gasteiger partial charge on any atom is -0.436 e. The van der Waals surface area contributed by atoms with E-state index in [1.54, 1.807) is 0 Å². The van der Waals surface area contributed by atoms with E-state index in [1.807, 2.05) is 0 Å². The van der Waals surface area contributed by atoms with Gasteiger partial charge in [0.25, 0.3) is 0 Å². The van der Waals surface area contributed by atoms with Crippen LogP contribution in [0.3, 0.4) is 0 Å². The number of hydrogen-bond donors (Lipinski definition) is 4. The van der Waals surface area contributed by atoms with Crippen LogP contribution in [0, 0.1) is 10.8 Å². The molecule has 0 aromatic heterocycles. The molecule has 0 aromatic carbocycles. The minimum absolute atomic E-state index is 0.00837. The number of rotatable bonds is 44. The maximum absolute atomic E-state index is 10.5. The van der Waals surface area contributed by atoms with E-state index >= 15 is 0 Å². The lowest BCUT2D eigenvalue weighted by Gasteiger charge is -2.41. The Morgan fingerprint density at radius 2 is 0.459 bits per heavy atom. The standard InChI is InChI=1S/C33H84O8Si8.C21H48O2Si2/c1-19-21-27-42(3,4)36-46(11,12)40-48(15,16)38-44(7,8)29-23-25-33(31-34,32-35)26-24-30-45(9,10)39-49(17,18)41-47(13,14)37-43(5,6)28-22-20-2;1-7-24(8-2,9-3)17-13-15-21(19-22,20-23)16-14-18-25(10-4,11-5)12-6/h34-35H,19-32H2,1-18H3;22-23H,7-20H2,1-6H3. The van der Waals surface area contributed by atoms with Gasteiger partial charge in [-0.15, -0.1) is 0 Å². The maximum Gasteiger partial charge on any atom is 0.312 e. The van der Waals surface area contributed by atoms with Gasteiger partial charge in [-0.2, -0.15) is 0 Å². The molecular weight excluding hydrogens is 1090 g/mol. The Labute approximate surface area is 472 Å². The van der Waals surface area contributed by atoms with Crippen LogP contribution in [-0.4, -0.2) is 131 Å². The smallest absolute Gasteiger partial charge is 0.312 e. The third-order valence-corrected chi connectivity index (χ3v) is 59.6. The molecule has 0 atom stereocenters. The summed E-state index contributed by atoms with van der Waals surface area (Å²) in [5.74, 6) is 0. The van der Waals surface area contributed by atoms with Gasteiger partial charge in [-0.25, -0.2) is 0 Å². The van der Waals surface area contributed by atoms with E-state index in [2.05, 4.69) is 160 Å². The Morgan fingerprint density at radius 1 is 0.270 bits per heavy atom. The highest BCUT2D eigenvalue weighted by Crippen LogP contribution is 2.38. The van der Waals surface area contributed by atoms with E-state index in [0.717, 1.165) is 50.6 Å². The monoisotopic (exact) mass is 1220 g/mol. The van der Waals surface area contributed by atoms with Crippen LogP contribution in [0.2, 0.25) is 177 Å². The van der Waals surface area contributed by atoms with Gasteiger partial charge in [0.1, 0.15) is 0 Å². The Kier molecular flexibility index (Phi) is 36.8. The van der Waals surface area contributed by atoms with Crippen LogP contribution in [0.1, 0.15) is 132 Å². The highest BCUT2D eigenvalue weighted by atomic mass is 28.5. The molecule has 0 saturated carbocycles. The maximum atomic E-state index is 10.5. The van der Waals surface area contributed by atoms with Crippen LogP contribution in [0.5, 0.6) is 0 Å². The fourth-order valence-corrected chi connectivity index (χ4v) is 58.3. The lowest BCUT2D eigenvalue weighted by Crippen LogP contribution is -2.56. The van der Waals surface area contributed by atoms with Crippen molar-refractivity contribution in [3.05, 3.63) is 0 Å². The molecule has 0 amide bonds. The molecule has 0 spiro atoms. The Morgan fingerprint density at radius 3 is 0.635 bits per heavy atom. The van der Waals surface area contributed by atoms with Crippen LogP contribution in [0.25, 0.3) is 0 Å². The summed E-state index contributed by atoms with van der Waals surface area (Å²) in [4.78, 5) is 0. The molecule has 0 radical (unpaired) electrons. The Balaban J connectivity index is 0. The number of unbranched alkanes of at least 4 members (excludes halogenated alkanes) is 2. The van der Waals surface area contributed by atoms with Gasteiger partial charge in [-0.05, 0) is 155 Å². The average molecular weight is 1220 g/mol. The second-order valence-electron chi connectivity index (χ2n) is 27.6. The molecule has 0 aromatic rings. The molecule has 0 unspecified atom stereocenters. The zero-order valence-corrected chi connectivity index (χ0v) is 64.0. The molecule has 0 fully saturated rings. The van der Waals surface area contributed by atoms with E-state index in [4.69, 9.17) is 24.7 Å². The third kappa shape index (κ3) is 32.4. The molecule has 0 rings (SSSR count). The van der Waals surface area contributed by atoms with E-state index in [0.29, 0.717) is 0 Å². The van der Waals surface area contributed by atoms with Gasteiger partial charge in [-0.3, -0.25) is 0 Å². The van der Waals surface area contributed by atoms with Gasteiger partial charge in [0.05, 0.1) is 42.6 Å². The predicted octanol–water partition coefficient (Wildman–Crippen LogP) is 17.4. The summed E-state index contributed by atoms with van der Waals surface area (Å²) < 4.78 is 40.7. The number of aliphatic hydroxyl groups is 4. The van der Waals surface area contributed by atoms with Gasteiger partial charge >= 0.3 is 34.2 Å². The van der Waals surface area contributed by atoms with E-state index in [1.165, 1.54) is 99.0 Å². The third-order valence-electron chi connectivity index (χ3n) is 17.0. The Hall–Kier alpha value is 1.77. The second-order valence-corrected chi connectivity index (χ2v) is 71.0. The number of hydrogen-bond acceptors (Lipinski definition) is 10. The summed E-state index contributed by atoms with van der Waals surface area (Å²) in [6, 6.07) is 15.3. The van der Waals surface area contributed by atoms with Gasteiger partial charge in [0.2, 0.25) is 0 Å². The van der Waals surface area contributed by atoms with Gasteiger partial charge in [0.15, 0.2) is 33.3 Å². The number of aliphatic hydroxyl groups excluding tert-OH is 4. The molecule has 0 heterocycles. The molecule has 0 aliphatic heterocycles. The van der Waals surface area contributed by atoms with Crippen LogP contribution < -0.4 is 0 Å². The molecule has 4 N–H and O–H groups in total. The van der Waals surface area contributed by atoms with Crippen molar-refractivity contribution in [2.75, 3.05) is 26.4 Å². The average Bonchev–Trinajstić information content (AvgIpc) is 3.27. The molecule has 448 valence electrons. The molecule has 0 bridgehead atoms. The van der Waals surface area contributed by atoms with Crippen molar-refractivity contribution in [1.82, 2.24) is 0 Å². The van der Waals surface area contributed by atoms with Crippen LogP contribution in [0.4, 0.5) is 0 Å². The summed E-state index contributed by atoms with van der Waals surface area (Å²) >= 11 is 0. The van der Waals surface area contributed by atoms with E-state index in [9.17, 15) is 20.4 Å². The molecule has 0 saturated heterocycles. The topological polar surface area (TPSA) is 136 Å². The molecule has 74 heavy (non-hydrogen) atoms. The van der Waals surface area contributed by atoms with Crippen LogP contribution >= 0.6 is 0 Å². The molecular formula is C54H132O10Si10. The van der Waals surface area contributed by atoms with Crippen molar-refractivity contribution in [2.45, 2.75) is 310 Å². The first kappa shape index (κ1) is 77.8. The van der Waals surface area contributed by atoms with Crippen molar-refractivity contribution in [3.8, 4) is 0 Å². The zero-order valence-electron chi connectivity index (χ0n) is 54.0. The lowest BCUT2D eigenvalue weighted by molar-refractivity contribution is 0.0381. The van der Waals surface area contributed by atoms with Gasteiger partial charge in [0, 0.05) is 10.8 Å². The highest BCUT2D eigenvalue weighted by molar-refractivity contribution is 6.90. The van der Waals surface area contributed by atoms with Gasteiger partial charge in [-0.1, -0.05) is 155 Å². The highest BCUT2D eigenvalue weighted by Gasteiger charge is 2.45. The second kappa shape index (κ2) is 35.0. The van der Waals surface area contributed by atoms with Crippen molar-refractivity contribution >= 4 is 83.7 Å². The molecule has 0 aliphatic carbocycles. The predicted molar refractivity (Wildman–Crippen MR) is 350 cm³/mol. The van der Waals surface area contributed by atoms with Crippen molar-refractivity contribution < 1.29 is 45.1 Å². The van der Waals surface area contributed by atoms with E-state index in [-0.39, 0.29) is 31.8 Å². The molecule has 10 nitrogen and oxygen atoms in total. The zero-order chi connectivity index (χ0) is 58.0. The SMILES string of the molecule is CCCC[Si](C)(C)O[Si](C)(C)O[Si](C)(C)O[Si](C)(C)CCCC(CO)(CO)CCC[Si](C)(C)O[Si](C)(C)O[Si](C)(C)O[Si](C)(C)CCCC.CC[Si](CC)(CC)CCCC(CO)(CO)CCC[Si](CC)(CC)CC. The fourth-order valence-electron chi connectivity index (χ4n) is 12.3. The molecule has 20 heteroatoms. The summed E-state index contributed by atoms with van der Waals surface area (Å²) in [5.41, 5.74) is -0.721.